The van der Waals surface area contributed by atoms with Crippen LogP contribution in [-0.2, 0) is 0 Å². The van der Waals surface area contributed by atoms with E-state index in [-0.39, 0.29) is 5.56 Å². The molecule has 1 heterocycles. The van der Waals surface area contributed by atoms with Crippen molar-refractivity contribution < 1.29 is 9.18 Å². The second kappa shape index (κ2) is 5.46. The Morgan fingerprint density at radius 2 is 2.17 bits per heavy atom. The molecule has 0 fully saturated rings. The first kappa shape index (κ1) is 13.0. The predicted octanol–water partition coefficient (Wildman–Crippen LogP) is 3.89. The van der Waals surface area contributed by atoms with Gasteiger partial charge in [0.1, 0.15) is 0 Å². The number of benzene rings is 1. The first-order valence-corrected chi connectivity index (χ1v) is 6.11. The van der Waals surface area contributed by atoms with Crippen molar-refractivity contribution in [3.63, 3.8) is 0 Å². The van der Waals surface area contributed by atoms with Gasteiger partial charge in [0.05, 0.1) is 17.4 Å². The Hall–Kier alpha value is -1.46. The summed E-state index contributed by atoms with van der Waals surface area (Å²) in [7, 11) is 0. The van der Waals surface area contributed by atoms with Gasteiger partial charge in [-0.05, 0) is 40.2 Å². The Balaban J connectivity index is 2.27. The number of amides is 1. The third kappa shape index (κ3) is 2.86. The molecule has 1 N–H and O–H groups in total. The van der Waals surface area contributed by atoms with Gasteiger partial charge in [0.25, 0.3) is 5.91 Å². The summed E-state index contributed by atoms with van der Waals surface area (Å²) >= 11 is 9.09. The molecule has 1 aromatic heterocycles. The van der Waals surface area contributed by atoms with E-state index in [4.69, 9.17) is 11.6 Å². The Bertz CT molecular complexity index is 606. The number of halogens is 3. The van der Waals surface area contributed by atoms with Crippen LogP contribution >= 0.6 is 27.5 Å². The number of rotatable bonds is 2. The molecule has 0 saturated carbocycles. The maximum absolute atomic E-state index is 13.4. The summed E-state index contributed by atoms with van der Waals surface area (Å²) in [6.07, 6.45) is 2.34. The molecule has 2 rings (SSSR count). The van der Waals surface area contributed by atoms with E-state index in [9.17, 15) is 9.18 Å². The molecular weight excluding hydrogens is 322 g/mol. The molecule has 0 aliphatic rings. The zero-order chi connectivity index (χ0) is 13.1. The van der Waals surface area contributed by atoms with Crippen molar-refractivity contribution in [3.8, 4) is 0 Å². The van der Waals surface area contributed by atoms with Gasteiger partial charge >= 0.3 is 0 Å². The average molecular weight is 330 g/mol. The topological polar surface area (TPSA) is 42.0 Å². The zero-order valence-corrected chi connectivity index (χ0v) is 11.3. The lowest BCUT2D eigenvalue weighted by Gasteiger charge is -2.08. The second-order valence-electron chi connectivity index (χ2n) is 3.43. The van der Waals surface area contributed by atoms with Crippen LogP contribution in [0.2, 0.25) is 5.02 Å². The van der Waals surface area contributed by atoms with Crippen molar-refractivity contribution >= 4 is 39.1 Å². The van der Waals surface area contributed by atoms with E-state index >= 15 is 0 Å². The van der Waals surface area contributed by atoms with Crippen LogP contribution in [0.1, 0.15) is 10.4 Å². The number of aromatic nitrogens is 1. The minimum atomic E-state index is -0.673. The van der Waals surface area contributed by atoms with E-state index in [1.54, 1.807) is 18.2 Å². The Morgan fingerprint density at radius 1 is 1.39 bits per heavy atom. The van der Waals surface area contributed by atoms with Crippen LogP contribution in [0.25, 0.3) is 0 Å². The number of carbonyl (C=O) groups is 1. The SMILES string of the molecule is O=C(Nc1cc(Cl)ccc1Br)c1ccncc1F. The third-order valence-corrected chi connectivity index (χ3v) is 3.12. The summed E-state index contributed by atoms with van der Waals surface area (Å²) in [5.41, 5.74) is 0.403. The van der Waals surface area contributed by atoms with Gasteiger partial charge in [-0.25, -0.2) is 4.39 Å². The molecule has 1 amide bonds. The summed E-state index contributed by atoms with van der Waals surface area (Å²) in [6, 6.07) is 6.25. The molecule has 0 bridgehead atoms. The van der Waals surface area contributed by atoms with Gasteiger partial charge in [-0.2, -0.15) is 0 Å². The third-order valence-electron chi connectivity index (χ3n) is 2.19. The highest BCUT2D eigenvalue weighted by molar-refractivity contribution is 9.10. The van der Waals surface area contributed by atoms with Gasteiger partial charge in [-0.3, -0.25) is 9.78 Å². The second-order valence-corrected chi connectivity index (χ2v) is 4.72. The van der Waals surface area contributed by atoms with Crippen LogP contribution < -0.4 is 5.32 Å². The fourth-order valence-electron chi connectivity index (χ4n) is 1.34. The Labute approximate surface area is 116 Å². The number of carbonyl (C=O) groups excluding carboxylic acids is 1. The van der Waals surface area contributed by atoms with Crippen molar-refractivity contribution in [2.45, 2.75) is 0 Å². The summed E-state index contributed by atoms with van der Waals surface area (Å²) in [4.78, 5) is 15.4. The fourth-order valence-corrected chi connectivity index (χ4v) is 1.86. The first-order valence-electron chi connectivity index (χ1n) is 4.94. The van der Waals surface area contributed by atoms with Crippen molar-refractivity contribution in [2.24, 2.45) is 0 Å². The summed E-state index contributed by atoms with van der Waals surface area (Å²) < 4.78 is 14.0. The van der Waals surface area contributed by atoms with Gasteiger partial charge in [0.2, 0.25) is 0 Å². The summed E-state index contributed by atoms with van der Waals surface area (Å²) in [5, 5.41) is 3.05. The number of hydrogen-bond donors (Lipinski definition) is 1. The van der Waals surface area contributed by atoms with E-state index in [2.05, 4.69) is 26.2 Å². The predicted molar refractivity (Wildman–Crippen MR) is 71.3 cm³/mol. The lowest BCUT2D eigenvalue weighted by molar-refractivity contribution is 0.102. The number of pyridine rings is 1. The van der Waals surface area contributed by atoms with Crippen LogP contribution in [0.5, 0.6) is 0 Å². The lowest BCUT2D eigenvalue weighted by Crippen LogP contribution is -2.14. The van der Waals surface area contributed by atoms with E-state index in [1.807, 2.05) is 0 Å². The minimum Gasteiger partial charge on any atom is -0.321 e. The molecule has 0 radical (unpaired) electrons. The van der Waals surface area contributed by atoms with Gasteiger partial charge < -0.3 is 5.32 Å². The number of nitrogens with one attached hydrogen (secondary N) is 1. The summed E-state index contributed by atoms with van der Waals surface area (Å²) in [5.74, 6) is -1.23. The highest BCUT2D eigenvalue weighted by atomic mass is 79.9. The van der Waals surface area contributed by atoms with Crippen LogP contribution in [0.4, 0.5) is 10.1 Å². The standard InChI is InChI=1S/C12H7BrClFN2O/c13-9-2-1-7(14)5-11(9)17-12(18)8-3-4-16-6-10(8)15/h1-6H,(H,17,18). The minimum absolute atomic E-state index is 0.0723. The first-order chi connectivity index (χ1) is 8.58. The van der Waals surface area contributed by atoms with Crippen molar-refractivity contribution in [3.05, 3.63) is 57.5 Å². The molecule has 0 atom stereocenters. The molecular formula is C12H7BrClFN2O. The van der Waals surface area contributed by atoms with E-state index < -0.39 is 11.7 Å². The van der Waals surface area contributed by atoms with Gasteiger partial charge in [0, 0.05) is 15.7 Å². The smallest absolute Gasteiger partial charge is 0.258 e. The number of hydrogen-bond acceptors (Lipinski definition) is 2. The maximum Gasteiger partial charge on any atom is 0.258 e. The van der Waals surface area contributed by atoms with E-state index in [0.29, 0.717) is 15.2 Å². The van der Waals surface area contributed by atoms with Crippen molar-refractivity contribution in [1.82, 2.24) is 4.98 Å². The molecule has 1 aromatic carbocycles. The fraction of sp³-hybridized carbons (Fsp3) is 0. The normalized spacial score (nSPS) is 10.2. The van der Waals surface area contributed by atoms with Crippen LogP contribution in [0.3, 0.4) is 0 Å². The Morgan fingerprint density at radius 3 is 2.89 bits per heavy atom. The van der Waals surface area contributed by atoms with Crippen LogP contribution in [0.15, 0.2) is 41.1 Å². The molecule has 0 aliphatic carbocycles. The van der Waals surface area contributed by atoms with Gasteiger partial charge in [0.15, 0.2) is 5.82 Å². The lowest BCUT2D eigenvalue weighted by atomic mass is 10.2. The van der Waals surface area contributed by atoms with Crippen LogP contribution in [-0.4, -0.2) is 10.9 Å². The highest BCUT2D eigenvalue weighted by Crippen LogP contribution is 2.26. The Kier molecular flexibility index (Phi) is 3.93. The van der Waals surface area contributed by atoms with Crippen molar-refractivity contribution in [1.29, 1.82) is 0 Å². The molecule has 18 heavy (non-hydrogen) atoms. The molecule has 0 saturated heterocycles. The average Bonchev–Trinajstić information content (AvgIpc) is 2.34. The molecule has 0 spiro atoms. The summed E-state index contributed by atoms with van der Waals surface area (Å²) in [6.45, 7) is 0. The molecule has 0 unspecified atom stereocenters. The molecule has 3 nitrogen and oxygen atoms in total. The number of nitrogens with zero attached hydrogens (tertiary/aromatic N) is 1. The van der Waals surface area contributed by atoms with Crippen molar-refractivity contribution in [2.75, 3.05) is 5.32 Å². The largest absolute Gasteiger partial charge is 0.321 e. The molecule has 92 valence electrons. The maximum atomic E-state index is 13.4. The van der Waals surface area contributed by atoms with Crippen LogP contribution in [0, 0.1) is 5.82 Å². The van der Waals surface area contributed by atoms with Gasteiger partial charge in [-0.1, -0.05) is 11.6 Å². The monoisotopic (exact) mass is 328 g/mol. The highest BCUT2D eigenvalue weighted by Gasteiger charge is 2.12. The quantitative estimate of drug-likeness (QED) is 0.908. The van der Waals surface area contributed by atoms with E-state index in [1.165, 1.54) is 12.3 Å². The molecule has 0 aliphatic heterocycles. The molecule has 6 heteroatoms. The molecule has 2 aromatic rings. The number of anilines is 1. The van der Waals surface area contributed by atoms with Gasteiger partial charge in [-0.15, -0.1) is 0 Å². The zero-order valence-electron chi connectivity index (χ0n) is 8.95. The van der Waals surface area contributed by atoms with E-state index in [0.717, 1.165) is 6.20 Å².